The van der Waals surface area contributed by atoms with Crippen LogP contribution in [0, 0.1) is 18.3 Å². The summed E-state index contributed by atoms with van der Waals surface area (Å²) >= 11 is 0. The molecule has 28 heavy (non-hydrogen) atoms. The molecule has 0 saturated carbocycles. The van der Waals surface area contributed by atoms with Gasteiger partial charge in [0.25, 0.3) is 0 Å². The molecule has 4 nitrogen and oxygen atoms in total. The molecule has 1 saturated heterocycles. The number of aryl methyl sites for hydroxylation is 1. The number of hydrogen-bond acceptors (Lipinski definition) is 4. The first-order chi connectivity index (χ1) is 13.7. The van der Waals surface area contributed by atoms with E-state index in [9.17, 15) is 0 Å². The fourth-order valence-electron chi connectivity index (χ4n) is 3.87. The van der Waals surface area contributed by atoms with Gasteiger partial charge in [0, 0.05) is 29.9 Å². The normalized spacial score (nSPS) is 14.5. The number of rotatable bonds is 4. The van der Waals surface area contributed by atoms with E-state index < -0.39 is 0 Å². The molecule has 0 atom stereocenters. The Kier molecular flexibility index (Phi) is 5.43. The molecular weight excluding hydrogens is 346 g/mol. The highest BCUT2D eigenvalue weighted by Gasteiger charge is 2.14. The number of fused-ring (bicyclic) bond motifs is 1. The predicted octanol–water partition coefficient (Wildman–Crippen LogP) is 5.37. The number of nitrogens with zero attached hydrogens (tertiary/aromatic N) is 3. The lowest BCUT2D eigenvalue weighted by Gasteiger charge is -2.24. The van der Waals surface area contributed by atoms with Crippen molar-refractivity contribution < 1.29 is 4.74 Å². The SMILES string of the molecule is Cc1cc(N2CCCCCC2)c2ccc(COc3cccc(C#N)c3)cc2n1. The molecule has 4 heteroatoms. The third kappa shape index (κ3) is 4.09. The van der Waals surface area contributed by atoms with Crippen LogP contribution in [0.2, 0.25) is 0 Å². The van der Waals surface area contributed by atoms with Crippen molar-refractivity contribution in [1.82, 2.24) is 4.98 Å². The van der Waals surface area contributed by atoms with E-state index in [0.29, 0.717) is 17.9 Å². The topological polar surface area (TPSA) is 49.1 Å². The van der Waals surface area contributed by atoms with Gasteiger partial charge in [-0.2, -0.15) is 5.26 Å². The highest BCUT2D eigenvalue weighted by atomic mass is 16.5. The van der Waals surface area contributed by atoms with E-state index in [1.54, 1.807) is 12.1 Å². The Balaban J connectivity index is 1.59. The smallest absolute Gasteiger partial charge is 0.121 e. The van der Waals surface area contributed by atoms with E-state index in [0.717, 1.165) is 29.9 Å². The Labute approximate surface area is 166 Å². The summed E-state index contributed by atoms with van der Waals surface area (Å²) in [6, 6.07) is 18.0. The highest BCUT2D eigenvalue weighted by molar-refractivity contribution is 5.92. The minimum absolute atomic E-state index is 0.458. The molecule has 142 valence electrons. The van der Waals surface area contributed by atoms with Gasteiger partial charge in [-0.1, -0.05) is 31.0 Å². The van der Waals surface area contributed by atoms with E-state index in [1.165, 1.54) is 36.8 Å². The van der Waals surface area contributed by atoms with Gasteiger partial charge >= 0.3 is 0 Å². The molecule has 0 N–H and O–H groups in total. The second-order valence-corrected chi connectivity index (χ2v) is 7.46. The first-order valence-corrected chi connectivity index (χ1v) is 10.0. The summed E-state index contributed by atoms with van der Waals surface area (Å²) in [6.45, 7) is 4.77. The van der Waals surface area contributed by atoms with E-state index in [1.807, 2.05) is 12.1 Å². The molecule has 1 fully saturated rings. The largest absolute Gasteiger partial charge is 0.489 e. The lowest BCUT2D eigenvalue weighted by atomic mass is 10.1. The lowest BCUT2D eigenvalue weighted by molar-refractivity contribution is 0.306. The van der Waals surface area contributed by atoms with Gasteiger partial charge in [-0.25, -0.2) is 0 Å². The summed E-state index contributed by atoms with van der Waals surface area (Å²) in [5.74, 6) is 0.710. The number of aromatic nitrogens is 1. The number of benzene rings is 2. The zero-order chi connectivity index (χ0) is 19.3. The number of ether oxygens (including phenoxy) is 1. The molecule has 2 aromatic carbocycles. The minimum Gasteiger partial charge on any atom is -0.489 e. The molecule has 1 aromatic heterocycles. The molecule has 0 aliphatic carbocycles. The number of nitriles is 1. The maximum absolute atomic E-state index is 9.02. The minimum atomic E-state index is 0.458. The fourth-order valence-corrected chi connectivity index (χ4v) is 3.87. The van der Waals surface area contributed by atoms with Gasteiger partial charge in [0.15, 0.2) is 0 Å². The summed E-state index contributed by atoms with van der Waals surface area (Å²) in [5, 5.41) is 10.2. The molecule has 2 heterocycles. The average molecular weight is 371 g/mol. The van der Waals surface area contributed by atoms with Crippen LogP contribution in [-0.4, -0.2) is 18.1 Å². The fraction of sp³-hybridized carbons (Fsp3) is 0.333. The van der Waals surface area contributed by atoms with Crippen molar-refractivity contribution in [3.63, 3.8) is 0 Å². The Morgan fingerprint density at radius 1 is 1.04 bits per heavy atom. The molecule has 0 bridgehead atoms. The van der Waals surface area contributed by atoms with Crippen LogP contribution < -0.4 is 9.64 Å². The van der Waals surface area contributed by atoms with Crippen molar-refractivity contribution >= 4 is 16.6 Å². The Bertz CT molecular complexity index is 1010. The molecule has 0 spiro atoms. The summed E-state index contributed by atoms with van der Waals surface area (Å²) in [4.78, 5) is 7.29. The van der Waals surface area contributed by atoms with Crippen LogP contribution in [0.4, 0.5) is 5.69 Å². The predicted molar refractivity (Wildman–Crippen MR) is 113 cm³/mol. The third-order valence-corrected chi connectivity index (χ3v) is 5.30. The molecule has 0 unspecified atom stereocenters. The number of pyridine rings is 1. The number of anilines is 1. The Morgan fingerprint density at radius 3 is 2.64 bits per heavy atom. The first kappa shape index (κ1) is 18.3. The average Bonchev–Trinajstić information content (AvgIpc) is 3.01. The van der Waals surface area contributed by atoms with Gasteiger partial charge in [-0.3, -0.25) is 4.98 Å². The monoisotopic (exact) mass is 371 g/mol. The summed E-state index contributed by atoms with van der Waals surface area (Å²) in [6.07, 6.45) is 5.17. The van der Waals surface area contributed by atoms with Crippen molar-refractivity contribution in [2.75, 3.05) is 18.0 Å². The molecule has 3 aromatic rings. The van der Waals surface area contributed by atoms with E-state index >= 15 is 0 Å². The van der Waals surface area contributed by atoms with Gasteiger partial charge in [0.05, 0.1) is 17.1 Å². The summed E-state index contributed by atoms with van der Waals surface area (Å²) in [7, 11) is 0. The van der Waals surface area contributed by atoms with E-state index in [2.05, 4.69) is 42.2 Å². The van der Waals surface area contributed by atoms with Crippen molar-refractivity contribution in [1.29, 1.82) is 5.26 Å². The molecule has 0 radical (unpaired) electrons. The van der Waals surface area contributed by atoms with Crippen LogP contribution in [0.5, 0.6) is 5.75 Å². The molecular formula is C24H25N3O. The second-order valence-electron chi connectivity index (χ2n) is 7.46. The van der Waals surface area contributed by atoms with Gasteiger partial charge in [0.1, 0.15) is 12.4 Å². The van der Waals surface area contributed by atoms with Crippen molar-refractivity contribution in [3.05, 3.63) is 65.4 Å². The maximum atomic E-state index is 9.02. The molecule has 0 amide bonds. The maximum Gasteiger partial charge on any atom is 0.121 e. The molecule has 1 aliphatic heterocycles. The Morgan fingerprint density at radius 2 is 1.86 bits per heavy atom. The van der Waals surface area contributed by atoms with Gasteiger partial charge < -0.3 is 9.64 Å². The van der Waals surface area contributed by atoms with Crippen LogP contribution in [0.15, 0.2) is 48.5 Å². The summed E-state index contributed by atoms with van der Waals surface area (Å²) in [5.41, 5.74) is 5.06. The third-order valence-electron chi connectivity index (χ3n) is 5.30. The van der Waals surface area contributed by atoms with Crippen molar-refractivity contribution in [3.8, 4) is 11.8 Å². The van der Waals surface area contributed by atoms with Gasteiger partial charge in [0.2, 0.25) is 0 Å². The van der Waals surface area contributed by atoms with E-state index in [4.69, 9.17) is 15.0 Å². The van der Waals surface area contributed by atoms with Crippen molar-refractivity contribution in [2.24, 2.45) is 0 Å². The highest BCUT2D eigenvalue weighted by Crippen LogP contribution is 2.29. The van der Waals surface area contributed by atoms with Gasteiger partial charge in [-0.05, 0) is 55.7 Å². The standard InChI is InChI=1S/C24H25N3O/c1-18-13-24(27-11-4-2-3-5-12-27)22-10-9-20(15-23(22)26-18)17-28-21-8-6-7-19(14-21)16-25/h6-10,13-15H,2-5,11-12,17H2,1H3. The zero-order valence-corrected chi connectivity index (χ0v) is 16.3. The first-order valence-electron chi connectivity index (χ1n) is 10.0. The second kappa shape index (κ2) is 8.31. The molecule has 4 rings (SSSR count). The van der Waals surface area contributed by atoms with Crippen LogP contribution in [-0.2, 0) is 6.61 Å². The van der Waals surface area contributed by atoms with Crippen LogP contribution in [0.1, 0.15) is 42.5 Å². The zero-order valence-electron chi connectivity index (χ0n) is 16.3. The van der Waals surface area contributed by atoms with Gasteiger partial charge in [-0.15, -0.1) is 0 Å². The quantitative estimate of drug-likeness (QED) is 0.618. The van der Waals surface area contributed by atoms with Crippen molar-refractivity contribution in [2.45, 2.75) is 39.2 Å². The molecule has 1 aliphatic rings. The Hall–Kier alpha value is -3.06. The van der Waals surface area contributed by atoms with Crippen LogP contribution in [0.3, 0.4) is 0 Å². The lowest BCUT2D eigenvalue weighted by Crippen LogP contribution is -2.24. The summed E-state index contributed by atoms with van der Waals surface area (Å²) < 4.78 is 5.89. The van der Waals surface area contributed by atoms with Crippen LogP contribution in [0.25, 0.3) is 10.9 Å². The van der Waals surface area contributed by atoms with Crippen LogP contribution >= 0.6 is 0 Å². The van der Waals surface area contributed by atoms with E-state index in [-0.39, 0.29) is 0 Å². The number of hydrogen-bond donors (Lipinski definition) is 0.